The van der Waals surface area contributed by atoms with Crippen LogP contribution in [0.25, 0.3) is 0 Å². The normalized spacial score (nSPS) is 17.5. The zero-order chi connectivity index (χ0) is 21.9. The summed E-state index contributed by atoms with van der Waals surface area (Å²) in [7, 11) is -2.05. The van der Waals surface area contributed by atoms with Crippen molar-refractivity contribution in [1.29, 1.82) is 0 Å². The summed E-state index contributed by atoms with van der Waals surface area (Å²) in [5.74, 6) is -0.997. The summed E-state index contributed by atoms with van der Waals surface area (Å²) in [6, 6.07) is 14.7. The number of sulfonamides is 1. The van der Waals surface area contributed by atoms with Crippen LogP contribution >= 0.6 is 0 Å². The van der Waals surface area contributed by atoms with Crippen LogP contribution in [-0.2, 0) is 24.3 Å². The summed E-state index contributed by atoms with van der Waals surface area (Å²) in [5.41, 5.74) is 1.36. The van der Waals surface area contributed by atoms with Gasteiger partial charge in [0.15, 0.2) is 6.61 Å². The van der Waals surface area contributed by atoms with Gasteiger partial charge in [-0.1, -0.05) is 42.5 Å². The molecule has 2 aromatic rings. The molecule has 1 amide bonds. The Morgan fingerprint density at radius 3 is 2.40 bits per heavy atom. The molecule has 158 valence electrons. The summed E-state index contributed by atoms with van der Waals surface area (Å²) in [5, 5.41) is 0. The molecular formula is C21H23N3O5S. The van der Waals surface area contributed by atoms with Gasteiger partial charge in [0.25, 0.3) is 15.9 Å². The fourth-order valence-electron chi connectivity index (χ4n) is 3.00. The smallest absolute Gasteiger partial charge is 0.331 e. The minimum absolute atomic E-state index is 0.0798. The van der Waals surface area contributed by atoms with Crippen molar-refractivity contribution in [2.75, 3.05) is 13.7 Å². The Morgan fingerprint density at radius 2 is 1.70 bits per heavy atom. The number of hydrogen-bond donors (Lipinski definition) is 1. The number of benzene rings is 2. The van der Waals surface area contributed by atoms with Crippen LogP contribution in [0.2, 0.25) is 0 Å². The van der Waals surface area contributed by atoms with E-state index in [0.29, 0.717) is 5.56 Å². The lowest BCUT2D eigenvalue weighted by atomic mass is 10.1. The minimum atomic E-state index is -3.69. The van der Waals surface area contributed by atoms with E-state index in [0.717, 1.165) is 5.56 Å². The Balaban J connectivity index is 1.61. The van der Waals surface area contributed by atoms with Crippen molar-refractivity contribution in [1.82, 2.24) is 9.62 Å². The highest BCUT2D eigenvalue weighted by atomic mass is 32.2. The second-order valence-corrected chi connectivity index (χ2v) is 8.61. The van der Waals surface area contributed by atoms with Gasteiger partial charge in [0.1, 0.15) is 11.9 Å². The van der Waals surface area contributed by atoms with Gasteiger partial charge in [-0.25, -0.2) is 13.2 Å². The lowest BCUT2D eigenvalue weighted by Gasteiger charge is -2.25. The van der Waals surface area contributed by atoms with E-state index in [1.54, 1.807) is 25.2 Å². The first-order valence-electron chi connectivity index (χ1n) is 9.38. The first kappa shape index (κ1) is 21.5. The topological polar surface area (TPSA) is 105 Å². The van der Waals surface area contributed by atoms with Crippen molar-refractivity contribution >= 4 is 27.7 Å². The molecule has 1 N–H and O–H groups in total. The van der Waals surface area contributed by atoms with Gasteiger partial charge in [-0.2, -0.15) is 0 Å². The third kappa shape index (κ3) is 4.51. The summed E-state index contributed by atoms with van der Waals surface area (Å²) >= 11 is 0. The maximum Gasteiger partial charge on any atom is 0.331 e. The monoisotopic (exact) mass is 429 g/mol. The third-order valence-electron chi connectivity index (χ3n) is 4.92. The number of ether oxygens (including phenoxy) is 1. The number of nitrogens with zero attached hydrogens (tertiary/aromatic N) is 2. The number of amidine groups is 1. The maximum atomic E-state index is 12.4. The van der Waals surface area contributed by atoms with Gasteiger partial charge in [0.2, 0.25) is 0 Å². The SMILES string of the molecule is CC(c1ccccc1)N(C)C(=O)COC(=O)[C@H](C)N=C1NS(=O)(=O)c2ccccc21. The van der Waals surface area contributed by atoms with Gasteiger partial charge in [0.05, 0.1) is 10.9 Å². The van der Waals surface area contributed by atoms with Crippen molar-refractivity contribution in [3.8, 4) is 0 Å². The van der Waals surface area contributed by atoms with Gasteiger partial charge in [-0.15, -0.1) is 0 Å². The first-order chi connectivity index (χ1) is 14.2. The first-order valence-corrected chi connectivity index (χ1v) is 10.9. The van der Waals surface area contributed by atoms with Gasteiger partial charge in [-0.3, -0.25) is 14.5 Å². The predicted octanol–water partition coefficient (Wildman–Crippen LogP) is 1.88. The van der Waals surface area contributed by atoms with Crippen LogP contribution in [0.5, 0.6) is 0 Å². The largest absolute Gasteiger partial charge is 0.454 e. The molecule has 2 atom stereocenters. The number of esters is 1. The van der Waals surface area contributed by atoms with Crippen LogP contribution in [0.1, 0.15) is 31.0 Å². The molecule has 0 saturated heterocycles. The lowest BCUT2D eigenvalue weighted by Crippen LogP contribution is -2.34. The van der Waals surface area contributed by atoms with E-state index in [9.17, 15) is 18.0 Å². The fourth-order valence-corrected chi connectivity index (χ4v) is 4.24. The molecule has 1 unspecified atom stereocenters. The van der Waals surface area contributed by atoms with Crippen LogP contribution in [0.4, 0.5) is 0 Å². The molecule has 2 aromatic carbocycles. The summed E-state index contributed by atoms with van der Waals surface area (Å²) in [6.45, 7) is 2.93. The molecule has 0 bridgehead atoms. The van der Waals surface area contributed by atoms with Crippen molar-refractivity contribution in [3.63, 3.8) is 0 Å². The molecule has 9 heteroatoms. The molecule has 1 aliphatic rings. The predicted molar refractivity (Wildman–Crippen MR) is 111 cm³/mol. The summed E-state index contributed by atoms with van der Waals surface area (Å²) in [4.78, 5) is 30.4. The Bertz CT molecular complexity index is 1080. The Labute approximate surface area is 175 Å². The quantitative estimate of drug-likeness (QED) is 0.706. The van der Waals surface area contributed by atoms with Crippen molar-refractivity contribution in [3.05, 3.63) is 65.7 Å². The van der Waals surface area contributed by atoms with E-state index in [2.05, 4.69) is 9.71 Å². The third-order valence-corrected chi connectivity index (χ3v) is 6.32. The van der Waals surface area contributed by atoms with E-state index in [1.807, 2.05) is 37.3 Å². The molecule has 0 radical (unpaired) electrons. The molecule has 0 aliphatic carbocycles. The van der Waals surface area contributed by atoms with Gasteiger partial charge < -0.3 is 9.64 Å². The molecule has 0 fully saturated rings. The van der Waals surface area contributed by atoms with Crippen LogP contribution in [0, 0.1) is 0 Å². The highest BCUT2D eigenvalue weighted by molar-refractivity contribution is 7.90. The average molecular weight is 429 g/mol. The molecule has 0 spiro atoms. The number of amides is 1. The minimum Gasteiger partial charge on any atom is -0.454 e. The number of likely N-dealkylation sites (N-methyl/N-ethyl adjacent to an activating group) is 1. The lowest BCUT2D eigenvalue weighted by molar-refractivity contribution is -0.153. The Kier molecular flexibility index (Phi) is 6.21. The van der Waals surface area contributed by atoms with Crippen molar-refractivity contribution in [2.45, 2.75) is 30.8 Å². The van der Waals surface area contributed by atoms with E-state index in [4.69, 9.17) is 4.74 Å². The number of fused-ring (bicyclic) bond motifs is 1. The Morgan fingerprint density at radius 1 is 1.07 bits per heavy atom. The van der Waals surface area contributed by atoms with Crippen LogP contribution < -0.4 is 4.72 Å². The molecule has 30 heavy (non-hydrogen) atoms. The second-order valence-electron chi connectivity index (χ2n) is 6.95. The molecule has 1 aliphatic heterocycles. The zero-order valence-electron chi connectivity index (χ0n) is 16.9. The highest BCUT2D eigenvalue weighted by Gasteiger charge is 2.31. The second kappa shape index (κ2) is 8.66. The molecule has 3 rings (SSSR count). The van der Waals surface area contributed by atoms with E-state index >= 15 is 0 Å². The van der Waals surface area contributed by atoms with Crippen LogP contribution in [0.15, 0.2) is 64.5 Å². The van der Waals surface area contributed by atoms with E-state index in [-0.39, 0.29) is 22.7 Å². The van der Waals surface area contributed by atoms with E-state index in [1.165, 1.54) is 17.9 Å². The van der Waals surface area contributed by atoms with Gasteiger partial charge in [0, 0.05) is 12.6 Å². The standard InChI is InChI=1S/C21H23N3O5S/c1-14(22-20-17-11-7-8-12-18(17)30(27,28)23-20)21(26)29-13-19(25)24(3)15(2)16-9-5-4-6-10-16/h4-12,14-15H,13H2,1-3H3,(H,22,23)/t14-,15?/m0/s1. The Hall–Kier alpha value is -3.20. The van der Waals surface area contributed by atoms with Crippen LogP contribution in [0.3, 0.4) is 0 Å². The molecule has 8 nitrogen and oxygen atoms in total. The van der Waals surface area contributed by atoms with Crippen molar-refractivity contribution < 1.29 is 22.7 Å². The number of aliphatic imine (C=N–C) groups is 1. The molecule has 0 aromatic heterocycles. The van der Waals surface area contributed by atoms with Gasteiger partial charge in [-0.05, 0) is 31.5 Å². The fraction of sp³-hybridized carbons (Fsp3) is 0.286. The highest BCUT2D eigenvalue weighted by Crippen LogP contribution is 2.23. The number of carbonyl (C=O) groups excluding carboxylic acids is 2. The van der Waals surface area contributed by atoms with Gasteiger partial charge >= 0.3 is 5.97 Å². The number of carbonyl (C=O) groups is 2. The maximum absolute atomic E-state index is 12.4. The number of hydrogen-bond acceptors (Lipinski definition) is 6. The molecular weight excluding hydrogens is 406 g/mol. The molecule has 0 saturated carbocycles. The molecule has 1 heterocycles. The average Bonchev–Trinajstić information content (AvgIpc) is 3.01. The van der Waals surface area contributed by atoms with Crippen molar-refractivity contribution in [2.24, 2.45) is 4.99 Å². The summed E-state index contributed by atoms with van der Waals surface area (Å²) in [6.07, 6.45) is 0. The zero-order valence-corrected chi connectivity index (χ0v) is 17.7. The number of nitrogens with one attached hydrogen (secondary N) is 1. The number of rotatable bonds is 6. The van der Waals surface area contributed by atoms with E-state index < -0.39 is 28.6 Å². The summed E-state index contributed by atoms with van der Waals surface area (Å²) < 4.78 is 31.7. The van der Waals surface area contributed by atoms with Crippen LogP contribution in [-0.4, -0.2) is 50.7 Å².